The van der Waals surface area contributed by atoms with Crippen LogP contribution in [0.2, 0.25) is 0 Å². The summed E-state index contributed by atoms with van der Waals surface area (Å²) in [7, 11) is 1.65. The van der Waals surface area contributed by atoms with Crippen molar-refractivity contribution >= 4 is 5.71 Å². The van der Waals surface area contributed by atoms with Crippen LogP contribution in [-0.4, -0.2) is 36.9 Å². The second-order valence-corrected chi connectivity index (χ2v) is 4.32. The Morgan fingerprint density at radius 1 is 1.41 bits per heavy atom. The van der Waals surface area contributed by atoms with E-state index in [-0.39, 0.29) is 6.61 Å². The van der Waals surface area contributed by atoms with Crippen LogP contribution >= 0.6 is 0 Å². The second kappa shape index (κ2) is 4.85. The third-order valence-electron chi connectivity index (χ3n) is 2.80. The molecule has 1 atom stereocenters. The summed E-state index contributed by atoms with van der Waals surface area (Å²) in [4.78, 5) is 4.39. The van der Waals surface area contributed by atoms with E-state index in [1.165, 1.54) is 0 Å². The van der Waals surface area contributed by atoms with Crippen LogP contribution in [0.4, 0.5) is 0 Å². The minimum Gasteiger partial charge on any atom is -0.497 e. The average Bonchev–Trinajstić information content (AvgIpc) is 2.73. The first-order valence-electron chi connectivity index (χ1n) is 5.60. The Balaban J connectivity index is 2.04. The summed E-state index contributed by atoms with van der Waals surface area (Å²) < 4.78 is 10.5. The van der Waals surface area contributed by atoms with Crippen LogP contribution < -0.4 is 4.74 Å². The Bertz CT molecular complexity index is 413. The summed E-state index contributed by atoms with van der Waals surface area (Å²) in [5.41, 5.74) is 1.38. The first-order chi connectivity index (χ1) is 8.15. The largest absolute Gasteiger partial charge is 0.497 e. The number of benzene rings is 1. The standard InChI is InChI=1S/C13H17NO3/c1-13(9-15)14-11(8-17-13)7-10-3-5-12(16-2)6-4-10/h3-6,15H,7-9H2,1-2H3. The van der Waals surface area contributed by atoms with Gasteiger partial charge >= 0.3 is 0 Å². The van der Waals surface area contributed by atoms with Gasteiger partial charge in [0.2, 0.25) is 0 Å². The molecule has 0 aliphatic carbocycles. The van der Waals surface area contributed by atoms with Crippen molar-refractivity contribution in [3.8, 4) is 5.75 Å². The predicted octanol–water partition coefficient (Wildman–Crippen LogP) is 1.42. The molecule has 1 aliphatic heterocycles. The van der Waals surface area contributed by atoms with Crippen molar-refractivity contribution in [1.82, 2.24) is 0 Å². The van der Waals surface area contributed by atoms with Gasteiger partial charge in [0.15, 0.2) is 5.72 Å². The van der Waals surface area contributed by atoms with E-state index < -0.39 is 5.72 Å². The topological polar surface area (TPSA) is 51.0 Å². The fourth-order valence-electron chi connectivity index (χ4n) is 1.79. The number of aliphatic imine (C=N–C) groups is 1. The molecule has 0 radical (unpaired) electrons. The van der Waals surface area contributed by atoms with Crippen molar-refractivity contribution in [2.75, 3.05) is 20.3 Å². The van der Waals surface area contributed by atoms with Gasteiger partial charge in [0.1, 0.15) is 5.75 Å². The molecule has 0 aromatic heterocycles. The Labute approximate surface area is 101 Å². The summed E-state index contributed by atoms with van der Waals surface area (Å²) in [5, 5.41) is 9.13. The highest BCUT2D eigenvalue weighted by Crippen LogP contribution is 2.20. The van der Waals surface area contributed by atoms with Crippen molar-refractivity contribution in [1.29, 1.82) is 0 Å². The van der Waals surface area contributed by atoms with E-state index in [2.05, 4.69) is 4.99 Å². The first kappa shape index (κ1) is 12.1. The Morgan fingerprint density at radius 3 is 2.65 bits per heavy atom. The molecule has 1 heterocycles. The fraction of sp³-hybridized carbons (Fsp3) is 0.462. The van der Waals surface area contributed by atoms with Gasteiger partial charge in [-0.15, -0.1) is 0 Å². The van der Waals surface area contributed by atoms with Crippen molar-refractivity contribution in [3.63, 3.8) is 0 Å². The molecule has 1 aromatic carbocycles. The molecule has 4 heteroatoms. The van der Waals surface area contributed by atoms with E-state index in [0.717, 1.165) is 23.4 Å². The van der Waals surface area contributed by atoms with Crippen LogP contribution in [0.1, 0.15) is 12.5 Å². The minimum absolute atomic E-state index is 0.0842. The minimum atomic E-state index is -0.748. The molecule has 0 saturated carbocycles. The lowest BCUT2D eigenvalue weighted by atomic mass is 10.1. The predicted molar refractivity (Wildman–Crippen MR) is 65.6 cm³/mol. The number of ether oxygens (including phenoxy) is 2. The smallest absolute Gasteiger partial charge is 0.179 e. The summed E-state index contributed by atoms with van der Waals surface area (Å²) in [6.07, 6.45) is 0.750. The molecule has 1 aliphatic rings. The average molecular weight is 235 g/mol. The highest BCUT2D eigenvalue weighted by atomic mass is 16.5. The van der Waals surface area contributed by atoms with Crippen molar-refractivity contribution in [3.05, 3.63) is 29.8 Å². The van der Waals surface area contributed by atoms with E-state index in [9.17, 15) is 0 Å². The zero-order chi connectivity index (χ0) is 12.3. The highest BCUT2D eigenvalue weighted by molar-refractivity contribution is 5.89. The molecule has 1 N–H and O–H groups in total. The molecule has 0 amide bonds. The number of aliphatic hydroxyl groups excluding tert-OH is 1. The van der Waals surface area contributed by atoms with E-state index in [4.69, 9.17) is 14.6 Å². The Kier molecular flexibility index (Phi) is 3.45. The van der Waals surface area contributed by atoms with Crippen molar-refractivity contribution in [2.45, 2.75) is 19.1 Å². The lowest BCUT2D eigenvalue weighted by Crippen LogP contribution is -2.26. The van der Waals surface area contributed by atoms with Crippen LogP contribution in [0.25, 0.3) is 0 Å². The van der Waals surface area contributed by atoms with E-state index in [1.54, 1.807) is 14.0 Å². The lowest BCUT2D eigenvalue weighted by Gasteiger charge is -2.15. The maximum atomic E-state index is 9.13. The zero-order valence-corrected chi connectivity index (χ0v) is 10.1. The highest BCUT2D eigenvalue weighted by Gasteiger charge is 2.29. The quantitative estimate of drug-likeness (QED) is 0.858. The van der Waals surface area contributed by atoms with Crippen LogP contribution in [0, 0.1) is 0 Å². The number of nitrogens with zero attached hydrogens (tertiary/aromatic N) is 1. The summed E-state index contributed by atoms with van der Waals surface area (Å²) in [6.45, 7) is 2.19. The molecular weight excluding hydrogens is 218 g/mol. The van der Waals surface area contributed by atoms with Crippen LogP contribution in [0.5, 0.6) is 5.75 Å². The first-order valence-corrected chi connectivity index (χ1v) is 5.60. The molecule has 2 rings (SSSR count). The van der Waals surface area contributed by atoms with E-state index >= 15 is 0 Å². The molecule has 0 spiro atoms. The molecule has 17 heavy (non-hydrogen) atoms. The van der Waals surface area contributed by atoms with Gasteiger partial charge in [-0.1, -0.05) is 12.1 Å². The number of aliphatic hydroxyl groups is 1. The van der Waals surface area contributed by atoms with E-state index in [1.807, 2.05) is 24.3 Å². The summed E-state index contributed by atoms with van der Waals surface area (Å²) in [5.74, 6) is 0.846. The van der Waals surface area contributed by atoms with Gasteiger partial charge in [0.25, 0.3) is 0 Å². The fourth-order valence-corrected chi connectivity index (χ4v) is 1.79. The maximum absolute atomic E-state index is 9.13. The Hall–Kier alpha value is -1.39. The van der Waals surface area contributed by atoms with Gasteiger partial charge in [0, 0.05) is 12.1 Å². The number of rotatable bonds is 4. The van der Waals surface area contributed by atoms with Gasteiger partial charge in [-0.2, -0.15) is 0 Å². The normalized spacial score (nSPS) is 23.6. The monoisotopic (exact) mass is 235 g/mol. The molecule has 4 nitrogen and oxygen atoms in total. The van der Waals surface area contributed by atoms with Gasteiger partial charge < -0.3 is 14.6 Å². The molecule has 92 valence electrons. The zero-order valence-electron chi connectivity index (χ0n) is 10.1. The summed E-state index contributed by atoms with van der Waals surface area (Å²) in [6, 6.07) is 7.87. The number of methoxy groups -OCH3 is 1. The van der Waals surface area contributed by atoms with Gasteiger partial charge in [-0.25, -0.2) is 0 Å². The van der Waals surface area contributed by atoms with E-state index in [0.29, 0.717) is 6.61 Å². The molecule has 0 bridgehead atoms. The van der Waals surface area contributed by atoms with Gasteiger partial charge in [-0.05, 0) is 24.6 Å². The van der Waals surface area contributed by atoms with Crippen LogP contribution in [0.3, 0.4) is 0 Å². The van der Waals surface area contributed by atoms with Crippen LogP contribution in [-0.2, 0) is 11.2 Å². The molecular formula is C13H17NO3. The molecule has 0 fully saturated rings. The Morgan fingerprint density at radius 2 is 2.12 bits per heavy atom. The number of hydrogen-bond acceptors (Lipinski definition) is 4. The SMILES string of the molecule is COc1ccc(CC2=NC(C)(CO)OC2)cc1. The van der Waals surface area contributed by atoms with Crippen LogP contribution in [0.15, 0.2) is 29.3 Å². The number of hydrogen-bond donors (Lipinski definition) is 1. The van der Waals surface area contributed by atoms with Crippen molar-refractivity contribution in [2.24, 2.45) is 4.99 Å². The maximum Gasteiger partial charge on any atom is 0.179 e. The second-order valence-electron chi connectivity index (χ2n) is 4.32. The molecule has 1 unspecified atom stereocenters. The molecule has 0 saturated heterocycles. The third-order valence-corrected chi connectivity index (χ3v) is 2.80. The lowest BCUT2D eigenvalue weighted by molar-refractivity contribution is -0.0276. The third kappa shape index (κ3) is 2.84. The van der Waals surface area contributed by atoms with Gasteiger partial charge in [0.05, 0.1) is 20.3 Å². The van der Waals surface area contributed by atoms with Gasteiger partial charge in [-0.3, -0.25) is 4.99 Å². The molecule has 1 aromatic rings. The summed E-state index contributed by atoms with van der Waals surface area (Å²) >= 11 is 0. The van der Waals surface area contributed by atoms with Crippen molar-refractivity contribution < 1.29 is 14.6 Å².